The summed E-state index contributed by atoms with van der Waals surface area (Å²) in [6.45, 7) is 1.57. The maximum atomic E-state index is 11.1. The molecule has 0 radical (unpaired) electrons. The molecule has 1 saturated carbocycles. The second kappa shape index (κ2) is 3.79. The molecule has 2 aliphatic rings. The Hall–Kier alpha value is -0.370. The van der Waals surface area contributed by atoms with Gasteiger partial charge in [-0.3, -0.25) is 0 Å². The van der Waals surface area contributed by atoms with Crippen molar-refractivity contribution in [2.45, 2.75) is 38.5 Å². The summed E-state index contributed by atoms with van der Waals surface area (Å²) < 4.78 is 5.30. The lowest BCUT2D eigenvalue weighted by Crippen LogP contribution is -2.34. The third kappa shape index (κ3) is 1.93. The van der Waals surface area contributed by atoms with E-state index in [2.05, 4.69) is 0 Å². The number of aldehydes is 1. The number of carbonyl (C=O) groups is 1. The summed E-state index contributed by atoms with van der Waals surface area (Å²) in [6, 6.07) is 0. The highest BCUT2D eigenvalue weighted by Crippen LogP contribution is 2.41. The molecule has 0 unspecified atom stereocenters. The van der Waals surface area contributed by atoms with Gasteiger partial charge < -0.3 is 9.53 Å². The minimum Gasteiger partial charge on any atom is -0.381 e. The smallest absolute Gasteiger partial charge is 0.126 e. The summed E-state index contributed by atoms with van der Waals surface area (Å²) in [7, 11) is 0. The first-order valence-corrected chi connectivity index (χ1v) is 5.39. The van der Waals surface area contributed by atoms with Crippen LogP contribution in [0.3, 0.4) is 0 Å². The summed E-state index contributed by atoms with van der Waals surface area (Å²) in [4.78, 5) is 11.1. The van der Waals surface area contributed by atoms with Crippen molar-refractivity contribution in [3.63, 3.8) is 0 Å². The zero-order valence-corrected chi connectivity index (χ0v) is 8.13. The number of rotatable bonds is 3. The molecule has 1 heterocycles. The van der Waals surface area contributed by atoms with Crippen LogP contribution in [-0.2, 0) is 9.53 Å². The Morgan fingerprint density at radius 1 is 1.31 bits per heavy atom. The Balaban J connectivity index is 1.91. The van der Waals surface area contributed by atoms with Crippen LogP contribution in [0.1, 0.15) is 38.5 Å². The third-order valence-electron chi connectivity index (χ3n) is 3.66. The molecular weight excluding hydrogens is 164 g/mol. The molecule has 2 fully saturated rings. The van der Waals surface area contributed by atoms with Gasteiger partial charge in [0.05, 0.1) is 0 Å². The summed E-state index contributed by atoms with van der Waals surface area (Å²) >= 11 is 0. The molecule has 2 rings (SSSR count). The highest BCUT2D eigenvalue weighted by molar-refractivity contribution is 5.59. The Labute approximate surface area is 79.7 Å². The van der Waals surface area contributed by atoms with Crippen molar-refractivity contribution in [3.8, 4) is 0 Å². The van der Waals surface area contributed by atoms with E-state index in [1.807, 2.05) is 0 Å². The van der Waals surface area contributed by atoms with Crippen LogP contribution >= 0.6 is 0 Å². The molecule has 13 heavy (non-hydrogen) atoms. The van der Waals surface area contributed by atoms with Crippen molar-refractivity contribution in [2.75, 3.05) is 13.2 Å². The molecule has 0 spiro atoms. The van der Waals surface area contributed by atoms with Crippen LogP contribution in [-0.4, -0.2) is 19.5 Å². The van der Waals surface area contributed by atoms with Crippen molar-refractivity contribution in [1.82, 2.24) is 0 Å². The zero-order chi connectivity index (χ0) is 9.15. The maximum Gasteiger partial charge on any atom is 0.126 e. The van der Waals surface area contributed by atoms with Gasteiger partial charge in [0.15, 0.2) is 0 Å². The topological polar surface area (TPSA) is 26.3 Å². The molecule has 74 valence electrons. The average Bonchev–Trinajstić information content (AvgIpc) is 2.13. The van der Waals surface area contributed by atoms with Crippen LogP contribution in [0.5, 0.6) is 0 Å². The first-order valence-electron chi connectivity index (χ1n) is 5.39. The van der Waals surface area contributed by atoms with Gasteiger partial charge in [0, 0.05) is 18.6 Å². The molecule has 0 N–H and O–H groups in total. The highest BCUT2D eigenvalue weighted by Gasteiger charge is 2.36. The van der Waals surface area contributed by atoms with Crippen molar-refractivity contribution in [3.05, 3.63) is 0 Å². The molecule has 2 nitrogen and oxygen atoms in total. The number of ether oxygens (including phenoxy) is 1. The Morgan fingerprint density at radius 2 is 2.00 bits per heavy atom. The first-order chi connectivity index (χ1) is 6.35. The minimum atomic E-state index is -0.0106. The van der Waals surface area contributed by atoms with Gasteiger partial charge >= 0.3 is 0 Å². The van der Waals surface area contributed by atoms with E-state index in [0.717, 1.165) is 38.4 Å². The van der Waals surface area contributed by atoms with Gasteiger partial charge in [0.25, 0.3) is 0 Å². The van der Waals surface area contributed by atoms with E-state index in [-0.39, 0.29) is 5.41 Å². The zero-order valence-electron chi connectivity index (χ0n) is 8.13. The van der Waals surface area contributed by atoms with Gasteiger partial charge in [-0.25, -0.2) is 0 Å². The fourth-order valence-electron chi connectivity index (χ4n) is 2.42. The van der Waals surface area contributed by atoms with Gasteiger partial charge in [-0.05, 0) is 25.2 Å². The fraction of sp³-hybridized carbons (Fsp3) is 0.909. The van der Waals surface area contributed by atoms with E-state index in [9.17, 15) is 4.79 Å². The SMILES string of the molecule is O=CC1(CC2CCC2)CCOCC1. The molecule has 2 heteroatoms. The predicted octanol–water partition coefficient (Wildman–Crippen LogP) is 2.17. The molecule has 0 atom stereocenters. The normalized spacial score (nSPS) is 28.0. The quantitative estimate of drug-likeness (QED) is 0.625. The first kappa shape index (κ1) is 9.20. The number of carbonyl (C=O) groups excluding carboxylic acids is 1. The van der Waals surface area contributed by atoms with E-state index < -0.39 is 0 Å². The molecule has 0 amide bonds. The molecule has 0 aromatic heterocycles. The number of hydrogen-bond donors (Lipinski definition) is 0. The second-order valence-electron chi connectivity index (χ2n) is 4.59. The Bertz CT molecular complexity index is 179. The van der Waals surface area contributed by atoms with Crippen molar-refractivity contribution in [1.29, 1.82) is 0 Å². The monoisotopic (exact) mass is 182 g/mol. The van der Waals surface area contributed by atoms with E-state index in [1.165, 1.54) is 25.5 Å². The molecule has 0 aromatic carbocycles. The van der Waals surface area contributed by atoms with Crippen LogP contribution in [0.15, 0.2) is 0 Å². The van der Waals surface area contributed by atoms with Gasteiger partial charge in [0.2, 0.25) is 0 Å². The lowest BCUT2D eigenvalue weighted by Gasteiger charge is -2.38. The summed E-state index contributed by atoms with van der Waals surface area (Å²) in [5.74, 6) is 0.836. The largest absolute Gasteiger partial charge is 0.381 e. The van der Waals surface area contributed by atoms with E-state index in [0.29, 0.717) is 0 Å². The van der Waals surface area contributed by atoms with Crippen LogP contribution in [0.2, 0.25) is 0 Å². The van der Waals surface area contributed by atoms with Crippen molar-refractivity contribution < 1.29 is 9.53 Å². The lowest BCUT2D eigenvalue weighted by atomic mass is 9.69. The highest BCUT2D eigenvalue weighted by atomic mass is 16.5. The standard InChI is InChI=1S/C11H18O2/c12-9-11(4-6-13-7-5-11)8-10-2-1-3-10/h9-10H,1-8H2. The van der Waals surface area contributed by atoms with Crippen molar-refractivity contribution >= 4 is 6.29 Å². The number of hydrogen-bond acceptors (Lipinski definition) is 2. The Kier molecular flexibility index (Phi) is 2.68. The van der Waals surface area contributed by atoms with Crippen LogP contribution in [0.4, 0.5) is 0 Å². The van der Waals surface area contributed by atoms with Crippen LogP contribution < -0.4 is 0 Å². The second-order valence-corrected chi connectivity index (χ2v) is 4.59. The van der Waals surface area contributed by atoms with Crippen LogP contribution in [0, 0.1) is 11.3 Å². The molecule has 1 saturated heterocycles. The lowest BCUT2D eigenvalue weighted by molar-refractivity contribution is -0.123. The van der Waals surface area contributed by atoms with E-state index >= 15 is 0 Å². The minimum absolute atomic E-state index is 0.0106. The fourth-order valence-corrected chi connectivity index (χ4v) is 2.42. The van der Waals surface area contributed by atoms with Gasteiger partial charge in [-0.1, -0.05) is 19.3 Å². The van der Waals surface area contributed by atoms with Crippen LogP contribution in [0.25, 0.3) is 0 Å². The van der Waals surface area contributed by atoms with Gasteiger partial charge in [-0.2, -0.15) is 0 Å². The molecular formula is C11H18O2. The summed E-state index contributed by atoms with van der Waals surface area (Å²) in [5, 5.41) is 0. The summed E-state index contributed by atoms with van der Waals surface area (Å²) in [5.41, 5.74) is -0.0106. The van der Waals surface area contributed by atoms with E-state index in [1.54, 1.807) is 0 Å². The maximum absolute atomic E-state index is 11.1. The Morgan fingerprint density at radius 3 is 2.46 bits per heavy atom. The summed E-state index contributed by atoms with van der Waals surface area (Å²) in [6.07, 6.45) is 8.29. The molecule has 1 aliphatic heterocycles. The molecule has 0 bridgehead atoms. The molecule has 0 aromatic rings. The van der Waals surface area contributed by atoms with Gasteiger partial charge in [-0.15, -0.1) is 0 Å². The van der Waals surface area contributed by atoms with Gasteiger partial charge in [0.1, 0.15) is 6.29 Å². The van der Waals surface area contributed by atoms with E-state index in [4.69, 9.17) is 4.74 Å². The van der Waals surface area contributed by atoms with Crippen molar-refractivity contribution in [2.24, 2.45) is 11.3 Å². The third-order valence-corrected chi connectivity index (χ3v) is 3.66. The molecule has 1 aliphatic carbocycles. The average molecular weight is 182 g/mol. The predicted molar refractivity (Wildman–Crippen MR) is 50.5 cm³/mol.